The number of likely N-dealkylation sites (N-methyl/N-ethyl adjacent to an activating group) is 1. The van der Waals surface area contributed by atoms with Crippen LogP contribution in [-0.2, 0) is 17.8 Å². The Balaban J connectivity index is 1.50. The standard InChI is InChI=1S/C24H33FN6O/c1-26-23-19-16-29(2)13-10-20(19)27-24(28-23)21-9-4-5-12-31(21)22(32)11-14-30(3)18-8-6-7-17(25)15-18/h6-8,15,21H,4-5,9-14,16H2,1-3H3,(H,26,27,28). The van der Waals surface area contributed by atoms with E-state index in [0.717, 1.165) is 73.9 Å². The highest BCUT2D eigenvalue weighted by Gasteiger charge is 2.32. The van der Waals surface area contributed by atoms with Gasteiger partial charge in [0.2, 0.25) is 5.91 Å². The largest absolute Gasteiger partial charge is 0.374 e. The molecule has 1 N–H and O–H groups in total. The van der Waals surface area contributed by atoms with Crippen molar-refractivity contribution >= 4 is 17.4 Å². The predicted octanol–water partition coefficient (Wildman–Crippen LogP) is 3.23. The fourth-order valence-corrected chi connectivity index (χ4v) is 4.67. The van der Waals surface area contributed by atoms with Crippen molar-refractivity contribution in [1.82, 2.24) is 19.8 Å². The van der Waals surface area contributed by atoms with Crippen LogP contribution in [0.3, 0.4) is 0 Å². The van der Waals surface area contributed by atoms with Crippen molar-refractivity contribution in [3.05, 3.63) is 47.2 Å². The number of likely N-dealkylation sites (tertiary alicyclic amines) is 1. The number of hydrogen-bond donors (Lipinski definition) is 1. The van der Waals surface area contributed by atoms with Crippen molar-refractivity contribution in [2.45, 2.75) is 44.7 Å². The third kappa shape index (κ3) is 4.85. The number of amides is 1. The second-order valence-corrected chi connectivity index (χ2v) is 8.84. The van der Waals surface area contributed by atoms with E-state index < -0.39 is 0 Å². The molecule has 7 nitrogen and oxygen atoms in total. The zero-order chi connectivity index (χ0) is 22.7. The van der Waals surface area contributed by atoms with Crippen LogP contribution in [0.2, 0.25) is 0 Å². The summed E-state index contributed by atoms with van der Waals surface area (Å²) in [7, 11) is 5.89. The maximum atomic E-state index is 13.5. The molecule has 0 aliphatic carbocycles. The van der Waals surface area contributed by atoms with Gasteiger partial charge in [-0.1, -0.05) is 6.07 Å². The van der Waals surface area contributed by atoms with Crippen molar-refractivity contribution in [1.29, 1.82) is 0 Å². The number of piperidine rings is 1. The SMILES string of the molecule is CNc1nc(C2CCCCN2C(=O)CCN(C)c2cccc(F)c2)nc2c1CN(C)CC2. The number of nitrogens with one attached hydrogen (secondary N) is 1. The molecule has 0 bridgehead atoms. The molecule has 172 valence electrons. The van der Waals surface area contributed by atoms with Crippen LogP contribution >= 0.6 is 0 Å². The van der Waals surface area contributed by atoms with Crippen molar-refractivity contribution < 1.29 is 9.18 Å². The second-order valence-electron chi connectivity index (χ2n) is 8.84. The Hall–Kier alpha value is -2.74. The van der Waals surface area contributed by atoms with Crippen LogP contribution in [0.25, 0.3) is 0 Å². The average molecular weight is 441 g/mol. The van der Waals surface area contributed by atoms with E-state index >= 15 is 0 Å². The van der Waals surface area contributed by atoms with Crippen molar-refractivity contribution in [2.24, 2.45) is 0 Å². The quantitative estimate of drug-likeness (QED) is 0.744. The molecule has 8 heteroatoms. The Morgan fingerprint density at radius 2 is 2.12 bits per heavy atom. The summed E-state index contributed by atoms with van der Waals surface area (Å²) in [4.78, 5) is 29.2. The average Bonchev–Trinajstić information content (AvgIpc) is 2.81. The van der Waals surface area contributed by atoms with Gasteiger partial charge in [0.05, 0.1) is 11.7 Å². The molecule has 1 aromatic carbocycles. The zero-order valence-electron chi connectivity index (χ0n) is 19.3. The number of rotatable bonds is 6. The zero-order valence-corrected chi connectivity index (χ0v) is 19.3. The van der Waals surface area contributed by atoms with Gasteiger partial charge < -0.3 is 20.0 Å². The lowest BCUT2D eigenvalue weighted by Crippen LogP contribution is -2.41. The highest BCUT2D eigenvalue weighted by atomic mass is 19.1. The molecule has 0 radical (unpaired) electrons. The maximum Gasteiger partial charge on any atom is 0.224 e. The Labute approximate surface area is 189 Å². The minimum absolute atomic E-state index is 0.0900. The van der Waals surface area contributed by atoms with Gasteiger partial charge in [-0.15, -0.1) is 0 Å². The number of fused-ring (bicyclic) bond motifs is 1. The molecule has 1 saturated heterocycles. The number of benzene rings is 1. The monoisotopic (exact) mass is 440 g/mol. The van der Waals surface area contributed by atoms with E-state index in [-0.39, 0.29) is 17.8 Å². The first-order chi connectivity index (χ1) is 15.5. The molecule has 2 aliphatic rings. The fourth-order valence-electron chi connectivity index (χ4n) is 4.67. The summed E-state index contributed by atoms with van der Waals surface area (Å²) in [5.41, 5.74) is 3.03. The van der Waals surface area contributed by atoms with E-state index in [1.165, 1.54) is 12.1 Å². The van der Waals surface area contributed by atoms with E-state index in [9.17, 15) is 9.18 Å². The predicted molar refractivity (Wildman–Crippen MR) is 124 cm³/mol. The lowest BCUT2D eigenvalue weighted by atomic mass is 9.99. The van der Waals surface area contributed by atoms with Crippen molar-refractivity contribution in [3.63, 3.8) is 0 Å². The van der Waals surface area contributed by atoms with Gasteiger partial charge in [0, 0.05) is 64.4 Å². The van der Waals surface area contributed by atoms with Crippen LogP contribution < -0.4 is 10.2 Å². The third-order valence-corrected chi connectivity index (χ3v) is 6.54. The van der Waals surface area contributed by atoms with E-state index in [1.807, 2.05) is 30.0 Å². The molecule has 32 heavy (non-hydrogen) atoms. The minimum Gasteiger partial charge on any atom is -0.374 e. The molecule has 1 unspecified atom stereocenters. The number of anilines is 2. The Morgan fingerprint density at radius 3 is 2.91 bits per heavy atom. The third-order valence-electron chi connectivity index (χ3n) is 6.54. The highest BCUT2D eigenvalue weighted by Crippen LogP contribution is 2.32. The molecule has 1 aromatic heterocycles. The lowest BCUT2D eigenvalue weighted by Gasteiger charge is -2.36. The molecule has 1 amide bonds. The Kier molecular flexibility index (Phi) is 6.89. The van der Waals surface area contributed by atoms with Crippen molar-refractivity contribution in [3.8, 4) is 0 Å². The van der Waals surface area contributed by atoms with Crippen molar-refractivity contribution in [2.75, 3.05) is 51.0 Å². The first-order valence-corrected chi connectivity index (χ1v) is 11.5. The van der Waals surface area contributed by atoms with Gasteiger partial charge in [-0.3, -0.25) is 4.79 Å². The first kappa shape index (κ1) is 22.5. The summed E-state index contributed by atoms with van der Waals surface area (Å²) < 4.78 is 13.5. The van der Waals surface area contributed by atoms with Gasteiger partial charge in [-0.05, 0) is 44.5 Å². The molecule has 3 heterocycles. The van der Waals surface area contributed by atoms with E-state index in [1.54, 1.807) is 6.07 Å². The summed E-state index contributed by atoms with van der Waals surface area (Å²) in [5, 5.41) is 3.24. The molecule has 1 atom stereocenters. The van der Waals surface area contributed by atoms with Crippen LogP contribution in [0.1, 0.15) is 48.8 Å². The highest BCUT2D eigenvalue weighted by molar-refractivity contribution is 5.77. The van der Waals surface area contributed by atoms with Crippen LogP contribution in [0, 0.1) is 5.82 Å². The summed E-state index contributed by atoms with van der Waals surface area (Å²) in [5.74, 6) is 1.46. The van der Waals surface area contributed by atoms with Gasteiger partial charge in [0.15, 0.2) is 5.82 Å². The molecule has 1 fully saturated rings. The summed E-state index contributed by atoms with van der Waals surface area (Å²) in [6.45, 7) is 3.08. The smallest absolute Gasteiger partial charge is 0.224 e. The van der Waals surface area contributed by atoms with Gasteiger partial charge in [0.25, 0.3) is 0 Å². The van der Waals surface area contributed by atoms with Gasteiger partial charge in [-0.2, -0.15) is 0 Å². The number of aromatic nitrogens is 2. The molecule has 4 rings (SSSR count). The first-order valence-electron chi connectivity index (χ1n) is 11.5. The summed E-state index contributed by atoms with van der Waals surface area (Å²) in [6.07, 6.45) is 4.22. The van der Waals surface area contributed by atoms with Gasteiger partial charge in [0.1, 0.15) is 11.6 Å². The molecular formula is C24H33FN6O. The van der Waals surface area contributed by atoms with E-state index in [2.05, 4.69) is 17.3 Å². The topological polar surface area (TPSA) is 64.6 Å². The van der Waals surface area contributed by atoms with Gasteiger partial charge >= 0.3 is 0 Å². The Bertz CT molecular complexity index is 950. The van der Waals surface area contributed by atoms with Crippen LogP contribution in [-0.4, -0.2) is 66.5 Å². The number of nitrogens with zero attached hydrogens (tertiary/aromatic N) is 5. The number of hydrogen-bond acceptors (Lipinski definition) is 6. The Morgan fingerprint density at radius 1 is 1.28 bits per heavy atom. The molecule has 2 aliphatic heterocycles. The van der Waals surface area contributed by atoms with Gasteiger partial charge in [-0.25, -0.2) is 14.4 Å². The molecule has 0 spiro atoms. The van der Waals surface area contributed by atoms with E-state index in [4.69, 9.17) is 9.97 Å². The minimum atomic E-state index is -0.270. The number of halogens is 1. The number of carbonyl (C=O) groups excluding carboxylic acids is 1. The number of carbonyl (C=O) groups is 1. The molecule has 0 saturated carbocycles. The molecule has 2 aromatic rings. The maximum absolute atomic E-state index is 13.5. The normalized spacial score (nSPS) is 18.9. The van der Waals surface area contributed by atoms with Crippen LogP contribution in [0.4, 0.5) is 15.9 Å². The fraction of sp³-hybridized carbons (Fsp3) is 0.542. The summed E-state index contributed by atoms with van der Waals surface area (Å²) in [6, 6.07) is 6.37. The van der Waals surface area contributed by atoms with Crippen LogP contribution in [0.5, 0.6) is 0 Å². The van der Waals surface area contributed by atoms with E-state index in [0.29, 0.717) is 13.0 Å². The van der Waals surface area contributed by atoms with Crippen LogP contribution in [0.15, 0.2) is 24.3 Å². The summed E-state index contributed by atoms with van der Waals surface area (Å²) >= 11 is 0. The second kappa shape index (κ2) is 9.81. The molecular weight excluding hydrogens is 407 g/mol. The lowest BCUT2D eigenvalue weighted by molar-refractivity contribution is -0.135.